The lowest BCUT2D eigenvalue weighted by Gasteiger charge is -2.09. The first-order valence-electron chi connectivity index (χ1n) is 5.06. The second-order valence-corrected chi connectivity index (χ2v) is 5.83. The van der Waals surface area contributed by atoms with Crippen LogP contribution in [0.2, 0.25) is 0 Å². The van der Waals surface area contributed by atoms with Crippen LogP contribution in [0.25, 0.3) is 0 Å². The van der Waals surface area contributed by atoms with Crippen molar-refractivity contribution >= 4 is 48.8 Å². The van der Waals surface area contributed by atoms with Crippen molar-refractivity contribution < 1.29 is 9.84 Å². The van der Waals surface area contributed by atoms with E-state index in [9.17, 15) is 5.11 Å². The van der Waals surface area contributed by atoms with Crippen LogP contribution < -0.4 is 5.23 Å². The summed E-state index contributed by atoms with van der Waals surface area (Å²) in [5.41, 5.74) is 0. The number of thiol groups is 1. The Bertz CT molecular complexity index is 316. The van der Waals surface area contributed by atoms with Crippen LogP contribution in [-0.4, -0.2) is 54.1 Å². The van der Waals surface area contributed by atoms with E-state index in [1.165, 1.54) is 23.1 Å². The van der Waals surface area contributed by atoms with Gasteiger partial charge in [-0.2, -0.15) is 12.6 Å². The first-order chi connectivity index (χ1) is 8.26. The number of thioether (sulfide) groups is 1. The van der Waals surface area contributed by atoms with Crippen molar-refractivity contribution in [1.82, 2.24) is 10.2 Å². The average Bonchev–Trinajstić information content (AvgIpc) is 2.80. The van der Waals surface area contributed by atoms with Crippen LogP contribution in [-0.2, 0) is 4.74 Å². The van der Waals surface area contributed by atoms with E-state index in [-0.39, 0.29) is 0 Å². The number of ether oxygens (including phenoxy) is 1. The standard InChI is InChI=1S/C8H14BN3O2S3/c9-10-7-11-12-8(17-7)16-5-6(13)4-14-2-1-3-15/h6,13,15H,1-5H2,(H,10,11). The highest BCUT2D eigenvalue weighted by molar-refractivity contribution is 8.01. The molecule has 94 valence electrons. The second kappa shape index (κ2) is 9.04. The van der Waals surface area contributed by atoms with Gasteiger partial charge < -0.3 is 15.1 Å². The molecular formula is C8H14BN3O2S3. The number of rotatable bonds is 9. The fraction of sp³-hybridized carbons (Fsp3) is 0.750. The molecule has 0 aliphatic heterocycles. The maximum Gasteiger partial charge on any atom is 0.225 e. The van der Waals surface area contributed by atoms with Crippen LogP contribution in [0.4, 0.5) is 5.13 Å². The molecule has 2 N–H and O–H groups in total. The van der Waals surface area contributed by atoms with Crippen LogP contribution in [0.3, 0.4) is 0 Å². The minimum absolute atomic E-state index is 0.335. The monoisotopic (exact) mass is 291 g/mol. The summed E-state index contributed by atoms with van der Waals surface area (Å²) in [4.78, 5) is 0. The molecule has 0 amide bonds. The molecule has 1 unspecified atom stereocenters. The third-order valence-electron chi connectivity index (χ3n) is 1.69. The molecule has 1 atom stereocenters. The van der Waals surface area contributed by atoms with Crippen molar-refractivity contribution in [3.63, 3.8) is 0 Å². The quantitative estimate of drug-likeness (QED) is 0.271. The average molecular weight is 291 g/mol. The molecule has 17 heavy (non-hydrogen) atoms. The zero-order valence-corrected chi connectivity index (χ0v) is 11.7. The van der Waals surface area contributed by atoms with Gasteiger partial charge in [0.2, 0.25) is 7.98 Å². The van der Waals surface area contributed by atoms with Crippen molar-refractivity contribution in [2.24, 2.45) is 0 Å². The zero-order chi connectivity index (χ0) is 12.5. The summed E-state index contributed by atoms with van der Waals surface area (Å²) >= 11 is 6.85. The smallest absolute Gasteiger partial charge is 0.225 e. The molecule has 0 aliphatic carbocycles. The minimum Gasteiger partial charge on any atom is -0.413 e. The summed E-state index contributed by atoms with van der Waals surface area (Å²) < 4.78 is 6.04. The van der Waals surface area contributed by atoms with Crippen molar-refractivity contribution in [2.45, 2.75) is 16.9 Å². The molecule has 0 spiro atoms. The second-order valence-electron chi connectivity index (χ2n) is 3.13. The van der Waals surface area contributed by atoms with Crippen molar-refractivity contribution in [3.8, 4) is 0 Å². The van der Waals surface area contributed by atoms with Gasteiger partial charge in [-0.25, -0.2) is 0 Å². The Labute approximate surface area is 116 Å². The van der Waals surface area contributed by atoms with Crippen molar-refractivity contribution in [1.29, 1.82) is 0 Å². The van der Waals surface area contributed by atoms with Crippen molar-refractivity contribution in [2.75, 3.05) is 29.9 Å². The van der Waals surface area contributed by atoms with Crippen LogP contribution in [0.1, 0.15) is 6.42 Å². The minimum atomic E-state index is -0.502. The summed E-state index contributed by atoms with van der Waals surface area (Å²) in [5, 5.41) is 20.3. The number of hydrogen-bond acceptors (Lipinski definition) is 8. The van der Waals surface area contributed by atoms with Gasteiger partial charge in [0.25, 0.3) is 0 Å². The van der Waals surface area contributed by atoms with Gasteiger partial charge in [-0.15, -0.1) is 10.2 Å². The number of nitrogens with one attached hydrogen (secondary N) is 1. The third-order valence-corrected chi connectivity index (χ3v) is 4.14. The Balaban J connectivity index is 2.12. The molecule has 5 nitrogen and oxygen atoms in total. The summed E-state index contributed by atoms with van der Waals surface area (Å²) in [6, 6.07) is 0. The molecule has 0 bridgehead atoms. The largest absolute Gasteiger partial charge is 0.413 e. The van der Waals surface area contributed by atoms with Crippen LogP contribution in [0.15, 0.2) is 4.34 Å². The van der Waals surface area contributed by atoms with Crippen LogP contribution in [0, 0.1) is 0 Å². The number of aromatic nitrogens is 2. The molecule has 0 fully saturated rings. The van der Waals surface area contributed by atoms with Crippen molar-refractivity contribution in [3.05, 3.63) is 0 Å². The van der Waals surface area contributed by atoms with E-state index in [1.54, 1.807) is 0 Å². The normalized spacial score (nSPS) is 12.6. The lowest BCUT2D eigenvalue weighted by molar-refractivity contribution is 0.0493. The third kappa shape index (κ3) is 6.51. The number of anilines is 1. The highest BCUT2D eigenvalue weighted by Crippen LogP contribution is 2.25. The Morgan fingerprint density at radius 1 is 1.59 bits per heavy atom. The van der Waals surface area contributed by atoms with Gasteiger partial charge >= 0.3 is 0 Å². The lowest BCUT2D eigenvalue weighted by atomic mass is 10.4. The van der Waals surface area contributed by atoms with E-state index in [1.807, 2.05) is 0 Å². The number of aliphatic hydroxyl groups is 1. The van der Waals surface area contributed by atoms with E-state index < -0.39 is 6.10 Å². The van der Waals surface area contributed by atoms with Gasteiger partial charge in [-0.3, -0.25) is 0 Å². The fourth-order valence-corrected chi connectivity index (χ4v) is 2.65. The first-order valence-corrected chi connectivity index (χ1v) is 7.49. The van der Waals surface area contributed by atoms with Gasteiger partial charge in [0.1, 0.15) is 0 Å². The maximum atomic E-state index is 9.63. The molecule has 0 aromatic carbocycles. The molecule has 1 aromatic rings. The maximum absolute atomic E-state index is 9.63. The highest BCUT2D eigenvalue weighted by atomic mass is 32.2. The lowest BCUT2D eigenvalue weighted by Crippen LogP contribution is -2.18. The molecule has 1 heterocycles. The Morgan fingerprint density at radius 3 is 3.06 bits per heavy atom. The summed E-state index contributed by atoms with van der Waals surface area (Å²) in [6.07, 6.45) is 0.392. The molecule has 2 radical (unpaired) electrons. The Morgan fingerprint density at radius 2 is 2.41 bits per heavy atom. The highest BCUT2D eigenvalue weighted by Gasteiger charge is 2.08. The van der Waals surface area contributed by atoms with E-state index in [0.717, 1.165) is 16.5 Å². The van der Waals surface area contributed by atoms with Gasteiger partial charge in [0, 0.05) is 12.4 Å². The Kier molecular flexibility index (Phi) is 8.03. The first kappa shape index (κ1) is 15.1. The zero-order valence-electron chi connectivity index (χ0n) is 9.20. The van der Waals surface area contributed by atoms with E-state index in [2.05, 4.69) is 28.1 Å². The summed E-state index contributed by atoms with van der Waals surface area (Å²) in [6.45, 7) is 0.965. The van der Waals surface area contributed by atoms with E-state index >= 15 is 0 Å². The molecular weight excluding hydrogens is 277 g/mol. The van der Waals surface area contributed by atoms with Gasteiger partial charge in [0.05, 0.1) is 12.7 Å². The molecule has 1 rings (SSSR count). The molecule has 1 aromatic heterocycles. The molecule has 0 aliphatic rings. The summed E-state index contributed by atoms with van der Waals surface area (Å²) in [7, 11) is 5.19. The predicted octanol–water partition coefficient (Wildman–Crippen LogP) is 0.823. The molecule has 0 saturated carbocycles. The number of aliphatic hydroxyl groups excluding tert-OH is 1. The van der Waals surface area contributed by atoms with Gasteiger partial charge in [-0.1, -0.05) is 23.1 Å². The van der Waals surface area contributed by atoms with E-state index in [4.69, 9.17) is 12.7 Å². The number of nitrogens with zero attached hydrogens (tertiary/aromatic N) is 2. The topological polar surface area (TPSA) is 67.3 Å². The SMILES string of the molecule is [B]Nc1nnc(SCC(O)COCCCS)s1. The van der Waals surface area contributed by atoms with Gasteiger partial charge in [0.15, 0.2) is 9.47 Å². The van der Waals surface area contributed by atoms with Crippen LogP contribution in [0.5, 0.6) is 0 Å². The summed E-state index contributed by atoms with van der Waals surface area (Å²) in [5.74, 6) is 1.32. The Hall–Kier alpha value is 0.0449. The number of hydrogen-bond donors (Lipinski definition) is 3. The predicted molar refractivity (Wildman–Crippen MR) is 75.3 cm³/mol. The molecule has 0 saturated heterocycles. The fourth-order valence-electron chi connectivity index (χ4n) is 0.928. The van der Waals surface area contributed by atoms with E-state index in [0.29, 0.717) is 24.1 Å². The molecule has 9 heteroatoms. The van der Waals surface area contributed by atoms with Gasteiger partial charge in [-0.05, 0) is 12.2 Å². The van der Waals surface area contributed by atoms with Crippen LogP contribution >= 0.6 is 35.7 Å².